The van der Waals surface area contributed by atoms with E-state index in [1.165, 1.54) is 0 Å². The van der Waals surface area contributed by atoms with Crippen LogP contribution < -0.4 is 11.1 Å². The van der Waals surface area contributed by atoms with Gasteiger partial charge in [-0.15, -0.1) is 0 Å². The van der Waals surface area contributed by atoms with E-state index >= 15 is 0 Å². The lowest BCUT2D eigenvalue weighted by Crippen LogP contribution is -2.26. The Labute approximate surface area is 133 Å². The maximum atomic E-state index is 12.2. The molecule has 0 aliphatic carbocycles. The van der Waals surface area contributed by atoms with Crippen LogP contribution in [-0.2, 0) is 0 Å². The van der Waals surface area contributed by atoms with Gasteiger partial charge in [-0.1, -0.05) is 22.0 Å². The Bertz CT molecular complexity index is 649. The van der Waals surface area contributed by atoms with E-state index in [0.29, 0.717) is 18.7 Å². The first kappa shape index (κ1) is 15.8. The number of carbonyl (C=O) groups is 1. The zero-order valence-electron chi connectivity index (χ0n) is 12.3. The molecule has 5 heteroatoms. The van der Waals surface area contributed by atoms with E-state index in [0.717, 1.165) is 28.0 Å². The van der Waals surface area contributed by atoms with Crippen LogP contribution in [0.15, 0.2) is 34.8 Å². The van der Waals surface area contributed by atoms with Crippen LogP contribution in [0.2, 0.25) is 0 Å². The molecule has 0 saturated carbocycles. The molecule has 0 bridgehead atoms. The fourth-order valence-electron chi connectivity index (χ4n) is 2.40. The molecule has 0 atom stereocenters. The number of hydrogen-bond donors (Lipinski definition) is 2. The zero-order chi connectivity index (χ0) is 15.4. The highest BCUT2D eigenvalue weighted by Crippen LogP contribution is 2.23. The fraction of sp³-hybridized carbons (Fsp3) is 0.312. The molecule has 1 aromatic carbocycles. The van der Waals surface area contributed by atoms with Gasteiger partial charge in [0.1, 0.15) is 0 Å². The summed E-state index contributed by atoms with van der Waals surface area (Å²) in [5.41, 5.74) is 9.17. The molecule has 0 fully saturated rings. The summed E-state index contributed by atoms with van der Waals surface area (Å²) in [5, 5.41) is 2.90. The Morgan fingerprint density at radius 2 is 2.10 bits per heavy atom. The summed E-state index contributed by atoms with van der Waals surface area (Å²) < 4.78 is 3.10. The molecule has 0 saturated heterocycles. The Hall–Kier alpha value is -1.59. The third-order valence-electron chi connectivity index (χ3n) is 3.41. The van der Waals surface area contributed by atoms with E-state index in [4.69, 9.17) is 5.73 Å². The summed E-state index contributed by atoms with van der Waals surface area (Å²) in [6.07, 6.45) is 0.788. The molecular formula is C16H20BrN3O. The molecule has 4 nitrogen and oxygen atoms in total. The van der Waals surface area contributed by atoms with Gasteiger partial charge in [0.25, 0.3) is 5.91 Å². The molecular weight excluding hydrogens is 330 g/mol. The molecule has 0 radical (unpaired) electrons. The lowest BCUT2D eigenvalue weighted by atomic mass is 10.2. The lowest BCUT2D eigenvalue weighted by molar-refractivity contribution is 0.0953. The van der Waals surface area contributed by atoms with E-state index in [-0.39, 0.29) is 5.91 Å². The fourth-order valence-corrected chi connectivity index (χ4v) is 2.79. The van der Waals surface area contributed by atoms with Crippen molar-refractivity contribution in [1.82, 2.24) is 9.88 Å². The van der Waals surface area contributed by atoms with E-state index < -0.39 is 0 Å². The number of nitrogens with one attached hydrogen (secondary N) is 1. The Morgan fingerprint density at radius 3 is 2.76 bits per heavy atom. The van der Waals surface area contributed by atoms with Gasteiger partial charge in [0, 0.05) is 28.1 Å². The molecule has 0 spiro atoms. The van der Waals surface area contributed by atoms with Gasteiger partial charge in [-0.3, -0.25) is 4.79 Å². The van der Waals surface area contributed by atoms with E-state index in [1.807, 2.05) is 44.2 Å². The van der Waals surface area contributed by atoms with E-state index in [9.17, 15) is 4.79 Å². The molecule has 112 valence electrons. The summed E-state index contributed by atoms with van der Waals surface area (Å²) in [4.78, 5) is 12.2. The highest BCUT2D eigenvalue weighted by Gasteiger charge is 2.16. The van der Waals surface area contributed by atoms with Crippen molar-refractivity contribution in [3.05, 3.63) is 51.8 Å². The van der Waals surface area contributed by atoms with Gasteiger partial charge in [0.15, 0.2) is 0 Å². The van der Waals surface area contributed by atoms with Crippen LogP contribution in [-0.4, -0.2) is 23.6 Å². The average molecular weight is 350 g/mol. The molecule has 0 aliphatic heterocycles. The quantitative estimate of drug-likeness (QED) is 0.815. The number of nitrogens with zero attached hydrogens (tertiary/aromatic N) is 1. The molecule has 1 aromatic heterocycles. The number of hydrogen-bond acceptors (Lipinski definition) is 2. The van der Waals surface area contributed by atoms with E-state index in [2.05, 4.69) is 25.8 Å². The number of carbonyl (C=O) groups excluding carboxylic acids is 1. The van der Waals surface area contributed by atoms with Crippen LogP contribution >= 0.6 is 15.9 Å². The Balaban J connectivity index is 2.31. The highest BCUT2D eigenvalue weighted by molar-refractivity contribution is 9.10. The monoisotopic (exact) mass is 349 g/mol. The predicted molar refractivity (Wildman–Crippen MR) is 88.9 cm³/mol. The second kappa shape index (κ2) is 6.91. The molecule has 0 unspecified atom stereocenters. The summed E-state index contributed by atoms with van der Waals surface area (Å²) in [6.45, 7) is 5.16. The first-order valence-electron chi connectivity index (χ1n) is 6.97. The van der Waals surface area contributed by atoms with Crippen LogP contribution in [0, 0.1) is 13.8 Å². The van der Waals surface area contributed by atoms with Crippen molar-refractivity contribution in [1.29, 1.82) is 0 Å². The van der Waals surface area contributed by atoms with Gasteiger partial charge < -0.3 is 15.6 Å². The summed E-state index contributed by atoms with van der Waals surface area (Å²) in [6, 6.07) is 9.96. The third-order valence-corrected chi connectivity index (χ3v) is 3.90. The molecule has 2 rings (SSSR count). The highest BCUT2D eigenvalue weighted by atomic mass is 79.9. The van der Waals surface area contributed by atoms with Crippen molar-refractivity contribution in [2.24, 2.45) is 5.73 Å². The zero-order valence-corrected chi connectivity index (χ0v) is 13.9. The smallest absolute Gasteiger partial charge is 0.253 e. The van der Waals surface area contributed by atoms with Crippen LogP contribution in [0.4, 0.5) is 0 Å². The molecule has 3 N–H and O–H groups in total. The first-order valence-corrected chi connectivity index (χ1v) is 7.77. The van der Waals surface area contributed by atoms with Gasteiger partial charge >= 0.3 is 0 Å². The van der Waals surface area contributed by atoms with Crippen LogP contribution in [0.5, 0.6) is 0 Å². The maximum Gasteiger partial charge on any atom is 0.253 e. The number of aryl methyl sites for hydroxylation is 1. The second-order valence-corrected chi connectivity index (χ2v) is 5.91. The minimum atomic E-state index is -0.0437. The van der Waals surface area contributed by atoms with Crippen molar-refractivity contribution in [3.63, 3.8) is 0 Å². The van der Waals surface area contributed by atoms with Gasteiger partial charge in [-0.05, 0) is 51.1 Å². The molecule has 1 amide bonds. The topological polar surface area (TPSA) is 60.1 Å². The summed E-state index contributed by atoms with van der Waals surface area (Å²) >= 11 is 3.48. The van der Waals surface area contributed by atoms with Crippen molar-refractivity contribution < 1.29 is 4.79 Å². The third kappa shape index (κ3) is 3.54. The van der Waals surface area contributed by atoms with Crippen molar-refractivity contribution in [2.45, 2.75) is 20.3 Å². The second-order valence-electron chi connectivity index (χ2n) is 5.00. The first-order chi connectivity index (χ1) is 10.0. The van der Waals surface area contributed by atoms with Crippen LogP contribution in [0.25, 0.3) is 5.69 Å². The SMILES string of the molecule is Cc1cc(C(=O)NCCCN)c(C)n1-c1cccc(Br)c1. The van der Waals surface area contributed by atoms with Crippen molar-refractivity contribution >= 4 is 21.8 Å². The number of aromatic nitrogens is 1. The number of halogens is 1. The van der Waals surface area contributed by atoms with Gasteiger partial charge in [-0.25, -0.2) is 0 Å². The number of benzene rings is 1. The summed E-state index contributed by atoms with van der Waals surface area (Å²) in [5.74, 6) is -0.0437. The maximum absolute atomic E-state index is 12.2. The molecule has 0 aliphatic rings. The van der Waals surface area contributed by atoms with Gasteiger partial charge in [0.2, 0.25) is 0 Å². The van der Waals surface area contributed by atoms with Crippen molar-refractivity contribution in [3.8, 4) is 5.69 Å². The normalized spacial score (nSPS) is 10.7. The standard InChI is InChI=1S/C16H20BrN3O/c1-11-9-15(16(21)19-8-4-7-18)12(2)20(11)14-6-3-5-13(17)10-14/h3,5-6,9-10H,4,7-8,18H2,1-2H3,(H,19,21). The van der Waals surface area contributed by atoms with Gasteiger partial charge in [0.05, 0.1) is 5.56 Å². The average Bonchev–Trinajstić information content (AvgIpc) is 2.74. The Morgan fingerprint density at radius 1 is 1.33 bits per heavy atom. The minimum absolute atomic E-state index is 0.0437. The molecule has 1 heterocycles. The van der Waals surface area contributed by atoms with Crippen LogP contribution in [0.3, 0.4) is 0 Å². The molecule has 21 heavy (non-hydrogen) atoms. The lowest BCUT2D eigenvalue weighted by Gasteiger charge is -2.10. The number of amides is 1. The van der Waals surface area contributed by atoms with Crippen molar-refractivity contribution in [2.75, 3.05) is 13.1 Å². The number of nitrogens with two attached hydrogens (primary N) is 1. The predicted octanol–water partition coefficient (Wildman–Crippen LogP) is 2.94. The van der Waals surface area contributed by atoms with Crippen LogP contribution in [0.1, 0.15) is 28.2 Å². The number of rotatable bonds is 5. The van der Waals surface area contributed by atoms with E-state index in [1.54, 1.807) is 0 Å². The Kier molecular flexibility index (Phi) is 5.20. The summed E-state index contributed by atoms with van der Waals surface area (Å²) in [7, 11) is 0. The molecule has 2 aromatic rings. The van der Waals surface area contributed by atoms with Gasteiger partial charge in [-0.2, -0.15) is 0 Å². The largest absolute Gasteiger partial charge is 0.352 e. The minimum Gasteiger partial charge on any atom is -0.352 e.